The van der Waals surface area contributed by atoms with Gasteiger partial charge < -0.3 is 10.1 Å². The van der Waals surface area contributed by atoms with E-state index in [2.05, 4.69) is 5.32 Å². The van der Waals surface area contributed by atoms with Crippen LogP contribution in [0.3, 0.4) is 0 Å². The lowest BCUT2D eigenvalue weighted by Gasteiger charge is -2.20. The number of nitrogens with one attached hydrogen (secondary N) is 1. The first kappa shape index (κ1) is 22.5. The van der Waals surface area contributed by atoms with Crippen LogP contribution in [-0.2, 0) is 16.6 Å². The summed E-state index contributed by atoms with van der Waals surface area (Å²) in [6.07, 6.45) is 0. The van der Waals surface area contributed by atoms with Crippen molar-refractivity contribution in [3.63, 3.8) is 0 Å². The molecule has 3 rings (SSSR count). The number of sulfonamides is 1. The van der Waals surface area contributed by atoms with Crippen molar-refractivity contribution in [2.45, 2.75) is 24.4 Å². The van der Waals surface area contributed by atoms with E-state index in [0.717, 1.165) is 5.56 Å². The number of rotatable bonds is 8. The molecule has 6 nitrogen and oxygen atoms in total. The fraction of sp³-hybridized carbons (Fsp3) is 0.208. The Hall–Kier alpha value is -3.16. The molecule has 7 heteroatoms. The van der Waals surface area contributed by atoms with Crippen molar-refractivity contribution in [3.8, 4) is 5.75 Å². The summed E-state index contributed by atoms with van der Waals surface area (Å²) in [6, 6.07) is 22.8. The van der Waals surface area contributed by atoms with E-state index in [9.17, 15) is 13.2 Å². The average Bonchev–Trinajstić information content (AvgIpc) is 2.80. The van der Waals surface area contributed by atoms with Gasteiger partial charge in [-0.15, -0.1) is 0 Å². The van der Waals surface area contributed by atoms with Crippen LogP contribution >= 0.6 is 0 Å². The molecular weight excluding hydrogens is 412 g/mol. The van der Waals surface area contributed by atoms with Crippen molar-refractivity contribution >= 4 is 15.9 Å². The van der Waals surface area contributed by atoms with Crippen LogP contribution in [0.2, 0.25) is 0 Å². The Balaban J connectivity index is 1.81. The second-order valence-electron chi connectivity index (χ2n) is 7.21. The Morgan fingerprint density at radius 1 is 1.00 bits per heavy atom. The molecule has 0 unspecified atom stereocenters. The molecule has 3 aromatic carbocycles. The molecule has 0 bridgehead atoms. The van der Waals surface area contributed by atoms with E-state index in [1.54, 1.807) is 48.5 Å². The van der Waals surface area contributed by atoms with Gasteiger partial charge >= 0.3 is 0 Å². The van der Waals surface area contributed by atoms with Crippen LogP contribution in [0, 0.1) is 0 Å². The number of benzene rings is 3. The Bertz CT molecular complexity index is 1130. The van der Waals surface area contributed by atoms with Crippen LogP contribution in [0.25, 0.3) is 0 Å². The third-order valence-electron chi connectivity index (χ3n) is 5.03. The molecule has 3 aromatic rings. The number of carbonyl (C=O) groups is 1. The van der Waals surface area contributed by atoms with E-state index < -0.39 is 10.0 Å². The largest absolute Gasteiger partial charge is 0.496 e. The van der Waals surface area contributed by atoms with Crippen LogP contribution in [0.15, 0.2) is 83.8 Å². The van der Waals surface area contributed by atoms with Gasteiger partial charge in [-0.05, 0) is 42.8 Å². The molecule has 1 atom stereocenters. The minimum absolute atomic E-state index is 0.0652. The Labute approximate surface area is 183 Å². The zero-order chi connectivity index (χ0) is 22.4. The molecule has 0 spiro atoms. The lowest BCUT2D eigenvalue weighted by molar-refractivity contribution is 0.0939. The molecule has 1 amide bonds. The minimum atomic E-state index is -3.67. The first-order valence-corrected chi connectivity index (χ1v) is 11.3. The van der Waals surface area contributed by atoms with Gasteiger partial charge in [-0.2, -0.15) is 4.31 Å². The summed E-state index contributed by atoms with van der Waals surface area (Å²) in [5.41, 5.74) is 2.03. The highest BCUT2D eigenvalue weighted by Crippen LogP contribution is 2.24. The van der Waals surface area contributed by atoms with Gasteiger partial charge in [-0.3, -0.25) is 4.79 Å². The van der Waals surface area contributed by atoms with Crippen LogP contribution in [0.5, 0.6) is 5.75 Å². The van der Waals surface area contributed by atoms with Crippen molar-refractivity contribution in [1.29, 1.82) is 0 Å². The maximum atomic E-state index is 12.9. The first-order valence-electron chi connectivity index (χ1n) is 9.87. The summed E-state index contributed by atoms with van der Waals surface area (Å²) < 4.78 is 32.4. The van der Waals surface area contributed by atoms with Gasteiger partial charge in [0, 0.05) is 24.7 Å². The van der Waals surface area contributed by atoms with Crippen molar-refractivity contribution in [3.05, 3.63) is 95.6 Å². The van der Waals surface area contributed by atoms with Gasteiger partial charge in [0.15, 0.2) is 0 Å². The number of hydrogen-bond acceptors (Lipinski definition) is 4. The summed E-state index contributed by atoms with van der Waals surface area (Å²) in [4.78, 5) is 13.0. The quantitative estimate of drug-likeness (QED) is 0.577. The van der Waals surface area contributed by atoms with Crippen LogP contribution in [0.4, 0.5) is 0 Å². The lowest BCUT2D eigenvalue weighted by Crippen LogP contribution is -2.28. The van der Waals surface area contributed by atoms with Gasteiger partial charge in [0.05, 0.1) is 18.0 Å². The van der Waals surface area contributed by atoms with Crippen LogP contribution in [0.1, 0.15) is 34.5 Å². The highest BCUT2D eigenvalue weighted by molar-refractivity contribution is 7.89. The molecule has 1 N–H and O–H groups in total. The number of hydrogen-bond donors (Lipinski definition) is 1. The third kappa shape index (κ3) is 5.31. The van der Waals surface area contributed by atoms with E-state index >= 15 is 0 Å². The molecule has 0 aromatic heterocycles. The lowest BCUT2D eigenvalue weighted by atomic mass is 10.1. The summed E-state index contributed by atoms with van der Waals surface area (Å²) in [5, 5.41) is 2.97. The topological polar surface area (TPSA) is 75.7 Å². The summed E-state index contributed by atoms with van der Waals surface area (Å²) in [7, 11) is -0.651. The maximum Gasteiger partial charge on any atom is 0.251 e. The second-order valence-corrected chi connectivity index (χ2v) is 9.25. The normalized spacial score (nSPS) is 12.4. The number of nitrogens with zero attached hydrogens (tertiary/aromatic N) is 1. The number of carbonyl (C=O) groups excluding carboxylic acids is 1. The zero-order valence-corrected chi connectivity index (χ0v) is 18.6. The van der Waals surface area contributed by atoms with Gasteiger partial charge in [0.2, 0.25) is 10.0 Å². The number of amides is 1. The van der Waals surface area contributed by atoms with E-state index in [-0.39, 0.29) is 23.4 Å². The summed E-state index contributed by atoms with van der Waals surface area (Å²) in [5.74, 6) is 0.275. The van der Waals surface area contributed by atoms with Crippen molar-refractivity contribution in [1.82, 2.24) is 9.62 Å². The molecule has 0 heterocycles. The molecular formula is C24H26N2O4S. The van der Waals surface area contributed by atoms with Crippen molar-refractivity contribution in [2.24, 2.45) is 0 Å². The molecule has 0 aliphatic rings. The molecule has 0 aliphatic heterocycles. The first-order chi connectivity index (χ1) is 14.8. The Morgan fingerprint density at radius 2 is 1.61 bits per heavy atom. The Morgan fingerprint density at radius 3 is 2.23 bits per heavy atom. The van der Waals surface area contributed by atoms with Crippen LogP contribution < -0.4 is 10.1 Å². The number of methoxy groups -OCH3 is 1. The molecule has 31 heavy (non-hydrogen) atoms. The van der Waals surface area contributed by atoms with E-state index in [1.807, 2.05) is 37.3 Å². The monoisotopic (exact) mass is 438 g/mol. The molecule has 162 valence electrons. The van der Waals surface area contributed by atoms with Crippen molar-refractivity contribution < 1.29 is 17.9 Å². The predicted octanol–water partition coefficient (Wildman–Crippen LogP) is 4.01. The zero-order valence-electron chi connectivity index (χ0n) is 17.8. The standard InChI is InChI=1S/C24H26N2O4S/c1-18(19-10-6-4-7-11-19)25-24(27)20-14-15-23(30-3)21(16-20)17-26(2)31(28,29)22-12-8-5-9-13-22/h4-16,18H,17H2,1-3H3,(H,25,27)/t18-/m1/s1. The molecule has 0 fully saturated rings. The third-order valence-corrected chi connectivity index (χ3v) is 6.85. The Kier molecular flexibility index (Phi) is 7.09. The smallest absolute Gasteiger partial charge is 0.251 e. The molecule has 0 aliphatic carbocycles. The van der Waals surface area contributed by atoms with Crippen LogP contribution in [-0.4, -0.2) is 32.8 Å². The van der Waals surface area contributed by atoms with E-state index in [1.165, 1.54) is 18.5 Å². The van der Waals surface area contributed by atoms with Gasteiger partial charge in [0.25, 0.3) is 5.91 Å². The predicted molar refractivity (Wildman–Crippen MR) is 120 cm³/mol. The molecule has 0 radical (unpaired) electrons. The highest BCUT2D eigenvalue weighted by atomic mass is 32.2. The fourth-order valence-electron chi connectivity index (χ4n) is 3.25. The SMILES string of the molecule is COc1ccc(C(=O)N[C@H](C)c2ccccc2)cc1CN(C)S(=O)(=O)c1ccccc1. The van der Waals surface area contributed by atoms with Crippen molar-refractivity contribution in [2.75, 3.05) is 14.2 Å². The summed E-state index contributed by atoms with van der Waals surface area (Å²) >= 11 is 0. The summed E-state index contributed by atoms with van der Waals surface area (Å²) in [6.45, 7) is 1.98. The minimum Gasteiger partial charge on any atom is -0.496 e. The van der Waals surface area contributed by atoms with E-state index in [0.29, 0.717) is 16.9 Å². The highest BCUT2D eigenvalue weighted by Gasteiger charge is 2.22. The van der Waals surface area contributed by atoms with Gasteiger partial charge in [0.1, 0.15) is 5.75 Å². The fourth-order valence-corrected chi connectivity index (χ4v) is 4.42. The molecule has 0 saturated carbocycles. The maximum absolute atomic E-state index is 12.9. The van der Waals surface area contributed by atoms with Gasteiger partial charge in [-0.25, -0.2) is 8.42 Å². The van der Waals surface area contributed by atoms with Gasteiger partial charge in [-0.1, -0.05) is 48.5 Å². The second kappa shape index (κ2) is 9.76. The number of ether oxygens (including phenoxy) is 1. The van der Waals surface area contributed by atoms with E-state index in [4.69, 9.17) is 4.74 Å². The average molecular weight is 439 g/mol. The molecule has 0 saturated heterocycles.